The molecule has 6 nitrogen and oxygen atoms in total. The highest BCUT2D eigenvalue weighted by Crippen LogP contribution is 2.26. The minimum absolute atomic E-state index is 0.496. The van der Waals surface area contributed by atoms with Gasteiger partial charge in [-0.05, 0) is 23.3 Å². The normalized spacial score (nSPS) is 18.2. The molecule has 0 aromatic heterocycles. The lowest BCUT2D eigenvalue weighted by Crippen LogP contribution is -2.14. The van der Waals surface area contributed by atoms with Gasteiger partial charge >= 0.3 is 0 Å². The summed E-state index contributed by atoms with van der Waals surface area (Å²) in [6.45, 7) is 5.30. The highest BCUT2D eigenvalue weighted by molar-refractivity contribution is 5.42. The van der Waals surface area contributed by atoms with Gasteiger partial charge in [0, 0.05) is 6.42 Å². The molecule has 2 aromatic rings. The van der Waals surface area contributed by atoms with Crippen molar-refractivity contribution in [2.75, 3.05) is 66.1 Å². The van der Waals surface area contributed by atoms with Crippen molar-refractivity contribution in [2.45, 2.75) is 6.42 Å². The zero-order chi connectivity index (χ0) is 20.0. The Morgan fingerprint density at radius 3 is 1.17 bits per heavy atom. The van der Waals surface area contributed by atoms with Crippen molar-refractivity contribution in [1.82, 2.24) is 0 Å². The van der Waals surface area contributed by atoms with Crippen LogP contribution in [0.15, 0.2) is 48.5 Å². The van der Waals surface area contributed by atoms with Crippen molar-refractivity contribution in [2.24, 2.45) is 0 Å². The van der Waals surface area contributed by atoms with Gasteiger partial charge in [0.2, 0.25) is 0 Å². The van der Waals surface area contributed by atoms with E-state index in [0.717, 1.165) is 29.0 Å². The summed E-state index contributed by atoms with van der Waals surface area (Å²) in [5, 5.41) is 0. The zero-order valence-corrected chi connectivity index (χ0v) is 16.8. The van der Waals surface area contributed by atoms with Crippen LogP contribution in [0, 0.1) is 0 Å². The van der Waals surface area contributed by atoms with Crippen LogP contribution in [-0.2, 0) is 25.4 Å². The van der Waals surface area contributed by atoms with E-state index in [2.05, 4.69) is 12.1 Å². The number of hydrogen-bond donors (Lipinski definition) is 0. The number of hydrogen-bond acceptors (Lipinski definition) is 6. The predicted molar refractivity (Wildman–Crippen MR) is 110 cm³/mol. The van der Waals surface area contributed by atoms with Crippen molar-refractivity contribution in [3.8, 4) is 11.5 Å². The van der Waals surface area contributed by atoms with Gasteiger partial charge in [-0.25, -0.2) is 0 Å². The Morgan fingerprint density at radius 1 is 0.414 bits per heavy atom. The van der Waals surface area contributed by atoms with Crippen LogP contribution < -0.4 is 9.47 Å². The second kappa shape index (κ2) is 13.2. The van der Waals surface area contributed by atoms with E-state index in [1.807, 2.05) is 36.4 Å². The third-order valence-electron chi connectivity index (χ3n) is 4.41. The Bertz CT molecular complexity index is 646. The molecule has 1 heterocycles. The largest absolute Gasteiger partial charge is 0.491 e. The van der Waals surface area contributed by atoms with E-state index in [9.17, 15) is 0 Å². The van der Waals surface area contributed by atoms with Gasteiger partial charge in [0.05, 0.1) is 52.9 Å². The lowest BCUT2D eigenvalue weighted by Gasteiger charge is -2.14. The number of rotatable bonds is 0. The standard InChI is InChI=1S/C23H30O6/c1-3-7-22-20(5-1)19-21-6-2-4-8-23(21)29-18-16-27-14-12-25-10-9-24-11-13-26-15-17-28-22/h1-8H,9-19H2. The summed E-state index contributed by atoms with van der Waals surface area (Å²) >= 11 is 0. The molecule has 29 heavy (non-hydrogen) atoms. The smallest absolute Gasteiger partial charge is 0.122 e. The molecule has 0 radical (unpaired) electrons. The lowest BCUT2D eigenvalue weighted by atomic mass is 10.0. The summed E-state index contributed by atoms with van der Waals surface area (Å²) in [6.07, 6.45) is 0.732. The quantitative estimate of drug-likeness (QED) is 0.675. The topological polar surface area (TPSA) is 55.4 Å². The highest BCUT2D eigenvalue weighted by Gasteiger charge is 2.09. The molecule has 0 amide bonds. The van der Waals surface area contributed by atoms with Gasteiger partial charge in [-0.3, -0.25) is 0 Å². The maximum atomic E-state index is 5.95. The average Bonchev–Trinajstić information content (AvgIpc) is 2.75. The Balaban J connectivity index is 1.63. The molecule has 0 fully saturated rings. The molecule has 0 bridgehead atoms. The fraction of sp³-hybridized carbons (Fsp3) is 0.478. The highest BCUT2D eigenvalue weighted by atomic mass is 16.6. The van der Waals surface area contributed by atoms with Gasteiger partial charge in [0.25, 0.3) is 0 Å². The van der Waals surface area contributed by atoms with Crippen LogP contribution in [0.25, 0.3) is 0 Å². The number of benzene rings is 2. The summed E-state index contributed by atoms with van der Waals surface area (Å²) < 4.78 is 34.0. The third kappa shape index (κ3) is 8.03. The first-order valence-corrected chi connectivity index (χ1v) is 10.2. The molecule has 0 atom stereocenters. The Hall–Kier alpha value is -2.12. The van der Waals surface area contributed by atoms with Crippen molar-refractivity contribution in [1.29, 1.82) is 0 Å². The molecule has 0 unspecified atom stereocenters. The summed E-state index contributed by atoms with van der Waals surface area (Å²) in [4.78, 5) is 0. The van der Waals surface area contributed by atoms with E-state index in [0.29, 0.717) is 66.1 Å². The zero-order valence-electron chi connectivity index (χ0n) is 16.8. The van der Waals surface area contributed by atoms with Crippen LogP contribution in [-0.4, -0.2) is 66.1 Å². The van der Waals surface area contributed by atoms with Crippen molar-refractivity contribution in [3.05, 3.63) is 59.7 Å². The maximum absolute atomic E-state index is 5.95. The van der Waals surface area contributed by atoms with E-state index >= 15 is 0 Å². The molecule has 0 aliphatic carbocycles. The Morgan fingerprint density at radius 2 is 0.759 bits per heavy atom. The van der Waals surface area contributed by atoms with E-state index < -0.39 is 0 Å². The minimum Gasteiger partial charge on any atom is -0.491 e. The molecule has 1 aliphatic rings. The fourth-order valence-electron chi connectivity index (χ4n) is 2.97. The number of para-hydroxylation sites is 2. The van der Waals surface area contributed by atoms with Gasteiger partial charge in [-0.1, -0.05) is 36.4 Å². The summed E-state index contributed by atoms with van der Waals surface area (Å²) in [7, 11) is 0. The second-order valence-corrected chi connectivity index (χ2v) is 6.54. The van der Waals surface area contributed by atoms with Crippen LogP contribution in [0.4, 0.5) is 0 Å². The molecular weight excluding hydrogens is 372 g/mol. The van der Waals surface area contributed by atoms with Gasteiger partial charge in [0.15, 0.2) is 0 Å². The van der Waals surface area contributed by atoms with E-state index in [4.69, 9.17) is 28.4 Å². The van der Waals surface area contributed by atoms with Gasteiger partial charge in [0.1, 0.15) is 24.7 Å². The summed E-state index contributed by atoms with van der Waals surface area (Å²) in [6, 6.07) is 16.2. The van der Waals surface area contributed by atoms with E-state index in [1.165, 1.54) is 0 Å². The average molecular weight is 402 g/mol. The molecule has 0 saturated carbocycles. The molecule has 2 aromatic carbocycles. The summed E-state index contributed by atoms with van der Waals surface area (Å²) in [5.74, 6) is 1.74. The predicted octanol–water partition coefficient (Wildman–Crippen LogP) is 3.12. The number of ether oxygens (including phenoxy) is 6. The van der Waals surface area contributed by atoms with Gasteiger partial charge in [-0.15, -0.1) is 0 Å². The minimum atomic E-state index is 0.496. The number of fused-ring (bicyclic) bond motifs is 2. The molecule has 0 spiro atoms. The third-order valence-corrected chi connectivity index (χ3v) is 4.41. The molecule has 158 valence electrons. The van der Waals surface area contributed by atoms with Crippen LogP contribution >= 0.6 is 0 Å². The van der Waals surface area contributed by atoms with Crippen LogP contribution in [0.5, 0.6) is 11.5 Å². The summed E-state index contributed by atoms with van der Waals surface area (Å²) in [5.41, 5.74) is 2.23. The Kier molecular flexibility index (Phi) is 9.80. The van der Waals surface area contributed by atoms with Crippen molar-refractivity contribution in [3.63, 3.8) is 0 Å². The first-order valence-electron chi connectivity index (χ1n) is 10.2. The van der Waals surface area contributed by atoms with Crippen LogP contribution in [0.1, 0.15) is 11.1 Å². The molecule has 3 rings (SSSR count). The second-order valence-electron chi connectivity index (χ2n) is 6.54. The fourth-order valence-corrected chi connectivity index (χ4v) is 2.97. The SMILES string of the molecule is c1ccc2c(c1)Cc1ccccc1OCCOCCOCCOCCOCCO2. The monoisotopic (exact) mass is 402 g/mol. The van der Waals surface area contributed by atoms with Crippen LogP contribution in [0.2, 0.25) is 0 Å². The van der Waals surface area contributed by atoms with Crippen molar-refractivity contribution >= 4 is 0 Å². The first kappa shape index (κ1) is 21.6. The van der Waals surface area contributed by atoms with E-state index in [1.54, 1.807) is 0 Å². The van der Waals surface area contributed by atoms with Crippen molar-refractivity contribution < 1.29 is 28.4 Å². The molecule has 0 saturated heterocycles. The lowest BCUT2D eigenvalue weighted by molar-refractivity contribution is -0.00697. The van der Waals surface area contributed by atoms with Crippen LogP contribution in [0.3, 0.4) is 0 Å². The molecule has 1 aliphatic heterocycles. The van der Waals surface area contributed by atoms with E-state index in [-0.39, 0.29) is 0 Å². The van der Waals surface area contributed by atoms with Gasteiger partial charge < -0.3 is 28.4 Å². The molecule has 0 N–H and O–H groups in total. The maximum Gasteiger partial charge on any atom is 0.122 e. The van der Waals surface area contributed by atoms with Gasteiger partial charge in [-0.2, -0.15) is 0 Å². The Labute approximate surface area is 172 Å². The first-order chi connectivity index (χ1) is 14.4. The molecule has 6 heteroatoms. The molecular formula is C23H30O6.